The van der Waals surface area contributed by atoms with Crippen LogP contribution in [0, 0.1) is 10.1 Å². The first-order valence-corrected chi connectivity index (χ1v) is 8.40. The quantitative estimate of drug-likeness (QED) is 0.590. The van der Waals surface area contributed by atoms with Gasteiger partial charge in [0.1, 0.15) is 10.7 Å². The fourth-order valence-electron chi connectivity index (χ4n) is 2.15. The van der Waals surface area contributed by atoms with E-state index in [1.807, 2.05) is 13.8 Å². The highest BCUT2D eigenvalue weighted by molar-refractivity contribution is 7.13. The van der Waals surface area contributed by atoms with Crippen LogP contribution in [0.4, 0.5) is 5.69 Å². The van der Waals surface area contributed by atoms with Crippen LogP contribution in [-0.2, 0) is 0 Å². The van der Waals surface area contributed by atoms with Gasteiger partial charge in [-0.2, -0.15) is 0 Å². The maximum Gasteiger partial charge on any atom is 0.271 e. The van der Waals surface area contributed by atoms with Crippen molar-refractivity contribution in [1.82, 2.24) is 10.3 Å². The van der Waals surface area contributed by atoms with Crippen LogP contribution in [0.2, 0.25) is 0 Å². The topological polar surface area (TPSA) is 105 Å². The highest BCUT2D eigenvalue weighted by atomic mass is 32.1. The lowest BCUT2D eigenvalue weighted by Crippen LogP contribution is -2.46. The molecular weight excluding hydrogens is 330 g/mol. The summed E-state index contributed by atoms with van der Waals surface area (Å²) in [6.45, 7) is 3.82. The molecule has 1 atom stereocenters. The van der Waals surface area contributed by atoms with Crippen molar-refractivity contribution in [3.63, 3.8) is 0 Å². The van der Waals surface area contributed by atoms with Gasteiger partial charge in [-0.15, -0.1) is 11.3 Å². The van der Waals surface area contributed by atoms with E-state index in [4.69, 9.17) is 5.11 Å². The zero-order valence-corrected chi connectivity index (χ0v) is 14.3. The van der Waals surface area contributed by atoms with Crippen molar-refractivity contribution in [3.8, 4) is 10.6 Å². The number of hydrogen-bond acceptors (Lipinski definition) is 6. The second-order valence-electron chi connectivity index (χ2n) is 5.68. The Bertz CT molecular complexity index is 729. The molecule has 7 nitrogen and oxygen atoms in total. The van der Waals surface area contributed by atoms with E-state index in [1.54, 1.807) is 17.5 Å². The van der Waals surface area contributed by atoms with Crippen molar-refractivity contribution in [1.29, 1.82) is 0 Å². The van der Waals surface area contributed by atoms with Crippen LogP contribution in [0.5, 0.6) is 0 Å². The van der Waals surface area contributed by atoms with Gasteiger partial charge in [0.15, 0.2) is 0 Å². The summed E-state index contributed by atoms with van der Waals surface area (Å²) in [6.07, 6.45) is 1.16. The Balaban J connectivity index is 2.15. The molecule has 2 N–H and O–H groups in total. The van der Waals surface area contributed by atoms with Crippen molar-refractivity contribution in [2.75, 3.05) is 6.61 Å². The maximum absolute atomic E-state index is 12.3. The number of hydrogen-bond donors (Lipinski definition) is 2. The highest BCUT2D eigenvalue weighted by Crippen LogP contribution is 2.26. The van der Waals surface area contributed by atoms with Gasteiger partial charge in [-0.25, -0.2) is 4.98 Å². The molecule has 0 saturated heterocycles. The van der Waals surface area contributed by atoms with Crippen molar-refractivity contribution in [3.05, 3.63) is 45.5 Å². The number of nitrogens with zero attached hydrogens (tertiary/aromatic N) is 2. The van der Waals surface area contributed by atoms with Gasteiger partial charge in [-0.3, -0.25) is 14.9 Å². The third-order valence-corrected chi connectivity index (χ3v) is 4.81. The Morgan fingerprint density at radius 2 is 2.08 bits per heavy atom. The van der Waals surface area contributed by atoms with Crippen LogP contribution in [-0.4, -0.2) is 33.1 Å². The summed E-state index contributed by atoms with van der Waals surface area (Å²) < 4.78 is 0. The number of aliphatic hydroxyl groups excluding tert-OH is 1. The molecule has 1 aromatic carbocycles. The Labute approximate surface area is 143 Å². The lowest BCUT2D eigenvalue weighted by Gasteiger charge is -2.28. The summed E-state index contributed by atoms with van der Waals surface area (Å²) >= 11 is 1.30. The van der Waals surface area contributed by atoms with Gasteiger partial charge in [-0.1, -0.05) is 6.92 Å². The summed E-state index contributed by atoms with van der Waals surface area (Å²) in [5, 5.41) is 25.0. The van der Waals surface area contributed by atoms with Crippen LogP contribution in [0.25, 0.3) is 10.6 Å². The number of carbonyl (C=O) groups excluding carboxylic acids is 1. The average molecular weight is 349 g/mol. The zero-order chi connectivity index (χ0) is 17.7. The summed E-state index contributed by atoms with van der Waals surface area (Å²) in [4.78, 5) is 26.9. The third kappa shape index (κ3) is 4.15. The molecule has 0 spiro atoms. The number of benzene rings is 1. The monoisotopic (exact) mass is 349 g/mol. The number of rotatable bonds is 7. The number of nitro benzene ring substituents is 1. The van der Waals surface area contributed by atoms with E-state index >= 15 is 0 Å². The number of thiazole rings is 1. The van der Waals surface area contributed by atoms with Gasteiger partial charge in [0.2, 0.25) is 0 Å². The molecule has 0 saturated carbocycles. The van der Waals surface area contributed by atoms with Crippen LogP contribution < -0.4 is 5.32 Å². The fourth-order valence-corrected chi connectivity index (χ4v) is 2.96. The van der Waals surface area contributed by atoms with E-state index < -0.39 is 10.5 Å². The van der Waals surface area contributed by atoms with Crippen molar-refractivity contribution >= 4 is 22.9 Å². The highest BCUT2D eigenvalue weighted by Gasteiger charge is 2.25. The number of aliphatic hydroxyl groups is 1. The maximum atomic E-state index is 12.3. The summed E-state index contributed by atoms with van der Waals surface area (Å²) in [5.41, 5.74) is 0.545. The Morgan fingerprint density at radius 1 is 1.42 bits per heavy atom. The second kappa shape index (κ2) is 7.50. The van der Waals surface area contributed by atoms with Gasteiger partial charge in [0.05, 0.1) is 4.92 Å². The predicted octanol–water partition coefficient (Wildman–Crippen LogP) is 3.00. The molecule has 1 heterocycles. The molecule has 128 valence electrons. The van der Waals surface area contributed by atoms with Crippen LogP contribution in [0.3, 0.4) is 0 Å². The van der Waals surface area contributed by atoms with Gasteiger partial charge in [0, 0.05) is 35.2 Å². The lowest BCUT2D eigenvalue weighted by atomic mass is 9.95. The molecule has 0 aliphatic rings. The molecule has 24 heavy (non-hydrogen) atoms. The molecule has 0 aliphatic carbocycles. The number of nitrogens with one attached hydrogen (secondary N) is 1. The van der Waals surface area contributed by atoms with Crippen molar-refractivity contribution in [2.45, 2.75) is 32.2 Å². The first-order valence-electron chi connectivity index (χ1n) is 7.52. The van der Waals surface area contributed by atoms with E-state index in [-0.39, 0.29) is 18.2 Å². The molecular formula is C16H19N3O4S. The third-order valence-electron chi connectivity index (χ3n) is 3.92. The normalized spacial score (nSPS) is 13.3. The number of non-ortho nitro benzene ring substituents is 1. The summed E-state index contributed by atoms with van der Waals surface area (Å²) in [7, 11) is 0. The number of aromatic nitrogens is 1. The first-order chi connectivity index (χ1) is 11.4. The molecule has 1 aromatic heterocycles. The fraction of sp³-hybridized carbons (Fsp3) is 0.375. The molecule has 2 rings (SSSR count). The smallest absolute Gasteiger partial charge is 0.271 e. The van der Waals surface area contributed by atoms with Crippen molar-refractivity contribution < 1.29 is 14.8 Å². The minimum Gasteiger partial charge on any atom is -0.396 e. The molecule has 0 fully saturated rings. The predicted molar refractivity (Wildman–Crippen MR) is 92.1 cm³/mol. The molecule has 1 amide bonds. The summed E-state index contributed by atoms with van der Waals surface area (Å²) in [6, 6.07) is 6.04. The number of nitro groups is 1. The molecule has 8 heteroatoms. The van der Waals surface area contributed by atoms with Gasteiger partial charge in [0.25, 0.3) is 11.6 Å². The number of carbonyl (C=O) groups is 1. The molecule has 0 aliphatic heterocycles. The van der Waals surface area contributed by atoms with Gasteiger partial charge < -0.3 is 10.4 Å². The van der Waals surface area contributed by atoms with Gasteiger partial charge in [-0.05, 0) is 31.9 Å². The summed E-state index contributed by atoms with van der Waals surface area (Å²) in [5.74, 6) is -0.294. The second-order valence-corrected chi connectivity index (χ2v) is 6.54. The largest absolute Gasteiger partial charge is 0.396 e. The number of amides is 1. The SMILES string of the molecule is CCC(C)(CCO)NC(=O)c1csc(-c2ccc([N+](=O)[O-])cc2)n1. The Kier molecular flexibility index (Phi) is 5.63. The van der Waals surface area contributed by atoms with Gasteiger partial charge >= 0.3 is 0 Å². The lowest BCUT2D eigenvalue weighted by molar-refractivity contribution is -0.384. The standard InChI is InChI=1S/C16H19N3O4S/c1-3-16(2,8-9-20)18-14(21)13-10-24-15(17-13)11-4-6-12(7-5-11)19(22)23/h4-7,10,20H,3,8-9H2,1-2H3,(H,18,21). The molecule has 0 bridgehead atoms. The van der Waals surface area contributed by atoms with Crippen LogP contribution in [0.1, 0.15) is 37.2 Å². The minimum absolute atomic E-state index is 0.00424. The van der Waals surface area contributed by atoms with Crippen molar-refractivity contribution in [2.24, 2.45) is 0 Å². The Hall–Kier alpha value is -2.32. The van der Waals surface area contributed by atoms with E-state index in [9.17, 15) is 14.9 Å². The van der Waals surface area contributed by atoms with Crippen LogP contribution >= 0.6 is 11.3 Å². The average Bonchev–Trinajstić information content (AvgIpc) is 3.05. The first kappa shape index (κ1) is 18.0. The zero-order valence-electron chi connectivity index (χ0n) is 13.5. The van der Waals surface area contributed by atoms with E-state index in [0.717, 1.165) is 5.56 Å². The minimum atomic E-state index is -0.483. The van der Waals surface area contributed by atoms with E-state index in [1.165, 1.54) is 23.5 Å². The Morgan fingerprint density at radius 3 is 2.62 bits per heavy atom. The molecule has 0 radical (unpaired) electrons. The molecule has 1 unspecified atom stereocenters. The van der Waals surface area contributed by atoms with E-state index in [0.29, 0.717) is 23.5 Å². The van der Waals surface area contributed by atoms with E-state index in [2.05, 4.69) is 10.3 Å². The van der Waals surface area contributed by atoms with Crippen LogP contribution in [0.15, 0.2) is 29.6 Å². The molecule has 2 aromatic rings.